The van der Waals surface area contributed by atoms with Crippen LogP contribution in [0.1, 0.15) is 61.4 Å². The van der Waals surface area contributed by atoms with Gasteiger partial charge in [-0.3, -0.25) is 0 Å². The summed E-state index contributed by atoms with van der Waals surface area (Å²) in [4.78, 5) is 0. The van der Waals surface area contributed by atoms with Crippen molar-refractivity contribution in [1.29, 1.82) is 0 Å². The molecule has 0 aliphatic carbocycles. The van der Waals surface area contributed by atoms with Gasteiger partial charge in [-0.1, -0.05) is 133 Å². The van der Waals surface area contributed by atoms with E-state index < -0.39 is 0 Å². The summed E-state index contributed by atoms with van der Waals surface area (Å²) in [5.74, 6) is 0.878. The molecule has 1 fully saturated rings. The van der Waals surface area contributed by atoms with Crippen molar-refractivity contribution in [2.75, 3.05) is 13.2 Å². The van der Waals surface area contributed by atoms with Crippen molar-refractivity contribution in [3.05, 3.63) is 179 Å². The normalized spacial score (nSPS) is 18.0. The molecule has 0 radical (unpaired) electrons. The molecule has 50 heavy (non-hydrogen) atoms. The van der Waals surface area contributed by atoms with Crippen molar-refractivity contribution >= 4 is 0 Å². The van der Waals surface area contributed by atoms with Crippen LogP contribution in [0.4, 0.5) is 0 Å². The molecular formula is C45H55NO4. The molecule has 0 bridgehead atoms. The monoisotopic (exact) mass is 673 g/mol. The smallest absolute Gasteiger partial charge is 0.119 e. The molecule has 264 valence electrons. The largest absolute Gasteiger partial charge is 0.489 e. The molecule has 4 aromatic carbocycles. The summed E-state index contributed by atoms with van der Waals surface area (Å²) in [6.07, 6.45) is 12.6. The van der Waals surface area contributed by atoms with Crippen LogP contribution in [-0.2, 0) is 51.6 Å². The maximum Gasteiger partial charge on any atom is 0.119 e. The van der Waals surface area contributed by atoms with E-state index >= 15 is 0 Å². The molecule has 4 aromatic rings. The molecule has 3 unspecified atom stereocenters. The van der Waals surface area contributed by atoms with Crippen LogP contribution in [0.2, 0.25) is 0 Å². The van der Waals surface area contributed by atoms with E-state index in [1.807, 2.05) is 73.7 Å². The van der Waals surface area contributed by atoms with Gasteiger partial charge in [-0.25, -0.2) is 0 Å². The van der Waals surface area contributed by atoms with Gasteiger partial charge >= 0.3 is 0 Å². The van der Waals surface area contributed by atoms with Gasteiger partial charge in [-0.05, 0) is 86.5 Å². The first-order valence-corrected chi connectivity index (χ1v) is 17.9. The van der Waals surface area contributed by atoms with Crippen LogP contribution in [0.15, 0.2) is 151 Å². The van der Waals surface area contributed by atoms with E-state index in [4.69, 9.17) is 24.7 Å². The maximum absolute atomic E-state index is 6.10. The van der Waals surface area contributed by atoms with Crippen LogP contribution in [0.25, 0.3) is 0 Å². The topological polar surface area (TPSA) is 62.9 Å². The minimum Gasteiger partial charge on any atom is -0.489 e. The number of hydrogen-bond donors (Lipinski definition) is 1. The molecule has 0 saturated carbocycles. The van der Waals surface area contributed by atoms with Crippen molar-refractivity contribution in [2.45, 2.75) is 84.6 Å². The van der Waals surface area contributed by atoms with Crippen molar-refractivity contribution in [3.63, 3.8) is 0 Å². The first-order chi connectivity index (χ1) is 24.5. The molecule has 3 atom stereocenters. The van der Waals surface area contributed by atoms with E-state index in [0.29, 0.717) is 33.0 Å². The fraction of sp³-hybridized carbons (Fsp3) is 0.333. The summed E-state index contributed by atoms with van der Waals surface area (Å²) in [6.45, 7) is 9.40. The summed E-state index contributed by atoms with van der Waals surface area (Å²) in [7, 11) is 0. The highest BCUT2D eigenvalue weighted by atomic mass is 16.5. The first kappa shape index (κ1) is 38.5. The molecule has 0 spiro atoms. The standard InChI is InChI=1S/C24H29NO.C21H26O3/c1-3-7-24(26-19-23-8-5-4-6-9-23)18-20(2)10-11-21-12-14-22(15-13-21)16-17-25;1-17-12-20(23-15-19-10-6-3-7-11-19)13-21(24-17)16-22-14-18-8-4-2-5-9-18/h3-10,12-15,18H,11,16-17,19,25H2,1-2H3;2-11,17,20-21H,12-16H2,1H3/b7-3-,20-10+,24-18+;. The van der Waals surface area contributed by atoms with Gasteiger partial charge in [-0.2, -0.15) is 0 Å². The number of benzene rings is 4. The van der Waals surface area contributed by atoms with Crippen molar-refractivity contribution in [2.24, 2.45) is 5.73 Å². The quantitative estimate of drug-likeness (QED) is 0.0948. The summed E-state index contributed by atoms with van der Waals surface area (Å²) in [5.41, 5.74) is 13.0. The van der Waals surface area contributed by atoms with Gasteiger partial charge in [0.05, 0.1) is 38.1 Å². The zero-order chi connectivity index (χ0) is 35.2. The highest BCUT2D eigenvalue weighted by Gasteiger charge is 2.28. The fourth-order valence-electron chi connectivity index (χ4n) is 5.73. The Hall–Kier alpha value is -4.26. The highest BCUT2D eigenvalue weighted by Crippen LogP contribution is 2.23. The summed E-state index contributed by atoms with van der Waals surface area (Å²) < 4.78 is 23.9. The Kier molecular flexibility index (Phi) is 17.3. The second-order valence-corrected chi connectivity index (χ2v) is 12.8. The lowest BCUT2D eigenvalue weighted by molar-refractivity contribution is -0.134. The van der Waals surface area contributed by atoms with Gasteiger partial charge in [0.2, 0.25) is 0 Å². The zero-order valence-electron chi connectivity index (χ0n) is 30.1. The maximum atomic E-state index is 6.10. The van der Waals surface area contributed by atoms with E-state index in [1.165, 1.54) is 33.4 Å². The van der Waals surface area contributed by atoms with Crippen molar-refractivity contribution < 1.29 is 18.9 Å². The molecule has 1 aliphatic heterocycles. The van der Waals surface area contributed by atoms with Crippen molar-refractivity contribution in [1.82, 2.24) is 0 Å². The van der Waals surface area contributed by atoms with Crippen molar-refractivity contribution in [3.8, 4) is 0 Å². The highest BCUT2D eigenvalue weighted by molar-refractivity contribution is 5.29. The third-order valence-corrected chi connectivity index (χ3v) is 8.35. The Balaban J connectivity index is 0.000000225. The summed E-state index contributed by atoms with van der Waals surface area (Å²) in [5, 5.41) is 0. The second kappa shape index (κ2) is 22.5. The Morgan fingerprint density at radius 2 is 1.32 bits per heavy atom. The van der Waals surface area contributed by atoms with Crippen LogP contribution >= 0.6 is 0 Å². The number of hydrogen-bond acceptors (Lipinski definition) is 5. The van der Waals surface area contributed by atoms with Crippen LogP contribution < -0.4 is 5.73 Å². The van der Waals surface area contributed by atoms with Gasteiger partial charge in [0.1, 0.15) is 12.4 Å². The Morgan fingerprint density at radius 1 is 0.740 bits per heavy atom. The molecule has 0 aromatic heterocycles. The van der Waals surface area contributed by atoms with E-state index in [0.717, 1.165) is 31.4 Å². The lowest BCUT2D eigenvalue weighted by Crippen LogP contribution is -2.38. The third-order valence-electron chi connectivity index (χ3n) is 8.35. The van der Waals surface area contributed by atoms with Gasteiger partial charge < -0.3 is 24.7 Å². The van der Waals surface area contributed by atoms with Gasteiger partial charge in [0.15, 0.2) is 0 Å². The number of nitrogens with two attached hydrogens (primary N) is 1. The van der Waals surface area contributed by atoms with E-state index in [1.54, 1.807) is 0 Å². The molecule has 5 heteroatoms. The predicted molar refractivity (Wildman–Crippen MR) is 205 cm³/mol. The Bertz CT molecular complexity index is 1570. The Labute approximate surface area is 300 Å². The summed E-state index contributed by atoms with van der Waals surface area (Å²) in [6, 6.07) is 39.5. The molecule has 1 heterocycles. The lowest BCUT2D eigenvalue weighted by Gasteiger charge is -2.33. The molecule has 5 nitrogen and oxygen atoms in total. The lowest BCUT2D eigenvalue weighted by atomic mass is 10.0. The van der Waals surface area contributed by atoms with E-state index in [2.05, 4.69) is 86.7 Å². The SMILES string of the molecule is CC1CC(OCc2ccccc2)CC(COCc2ccccc2)O1.C\C=C/C(=C\C(C)=C\Cc1ccc(CCN)cc1)OCc1ccccc1. The molecule has 0 amide bonds. The van der Waals surface area contributed by atoms with Gasteiger partial charge in [-0.15, -0.1) is 0 Å². The molecule has 1 aliphatic rings. The van der Waals surface area contributed by atoms with Crippen LogP contribution in [0, 0.1) is 0 Å². The molecule has 2 N–H and O–H groups in total. The number of rotatable bonds is 16. The Morgan fingerprint density at radius 3 is 1.92 bits per heavy atom. The van der Waals surface area contributed by atoms with Crippen LogP contribution in [0.3, 0.4) is 0 Å². The average Bonchev–Trinajstić information content (AvgIpc) is 3.14. The second-order valence-electron chi connectivity index (χ2n) is 12.8. The minimum atomic E-state index is 0.109. The first-order valence-electron chi connectivity index (χ1n) is 17.9. The fourth-order valence-corrected chi connectivity index (χ4v) is 5.73. The average molecular weight is 674 g/mol. The molecular weight excluding hydrogens is 618 g/mol. The molecule has 1 saturated heterocycles. The summed E-state index contributed by atoms with van der Waals surface area (Å²) >= 11 is 0. The zero-order valence-corrected chi connectivity index (χ0v) is 30.1. The van der Waals surface area contributed by atoms with Gasteiger partial charge in [0.25, 0.3) is 0 Å². The third kappa shape index (κ3) is 15.1. The van der Waals surface area contributed by atoms with E-state index in [9.17, 15) is 0 Å². The van der Waals surface area contributed by atoms with E-state index in [-0.39, 0.29) is 18.3 Å². The van der Waals surface area contributed by atoms with Gasteiger partial charge in [0, 0.05) is 6.42 Å². The predicted octanol–water partition coefficient (Wildman–Crippen LogP) is 9.71. The minimum absolute atomic E-state index is 0.109. The van der Waals surface area contributed by atoms with Crippen LogP contribution in [0.5, 0.6) is 0 Å². The number of ether oxygens (including phenoxy) is 4. The number of allylic oxidation sites excluding steroid dienone is 5. The molecule has 5 rings (SSSR count). The van der Waals surface area contributed by atoms with Crippen LogP contribution in [-0.4, -0.2) is 31.5 Å².